The summed E-state index contributed by atoms with van der Waals surface area (Å²) in [6.45, 7) is 5.10. The minimum atomic E-state index is -0.0100. The van der Waals surface area contributed by atoms with Crippen molar-refractivity contribution in [3.63, 3.8) is 0 Å². The van der Waals surface area contributed by atoms with Gasteiger partial charge in [-0.3, -0.25) is 0 Å². The van der Waals surface area contributed by atoms with Gasteiger partial charge in [-0.1, -0.05) is 25.5 Å². The fourth-order valence-electron chi connectivity index (χ4n) is 6.56. The van der Waals surface area contributed by atoms with Gasteiger partial charge in [0.05, 0.1) is 6.10 Å². The molecule has 0 spiro atoms. The highest BCUT2D eigenvalue weighted by Crippen LogP contribution is 2.64. The molecule has 4 aliphatic carbocycles. The Morgan fingerprint density at radius 3 is 2.75 bits per heavy atom. The molecule has 0 bridgehead atoms. The zero-order valence-corrected chi connectivity index (χ0v) is 13.2. The van der Waals surface area contributed by atoms with Crippen LogP contribution in [0.3, 0.4) is 0 Å². The first-order valence-corrected chi connectivity index (χ1v) is 8.91. The maximum Gasteiger partial charge on any atom is 0.0543 e. The van der Waals surface area contributed by atoms with Crippen molar-refractivity contribution in [1.29, 1.82) is 0 Å². The average molecular weight is 274 g/mol. The Morgan fingerprint density at radius 1 is 1.05 bits per heavy atom. The summed E-state index contributed by atoms with van der Waals surface area (Å²) in [7, 11) is 0. The van der Waals surface area contributed by atoms with Crippen LogP contribution in [-0.4, -0.2) is 11.2 Å². The summed E-state index contributed by atoms with van der Waals surface area (Å²) < 4.78 is 0. The minimum absolute atomic E-state index is 0.0100. The summed E-state index contributed by atoms with van der Waals surface area (Å²) in [5, 5.41) is 10.0. The second kappa shape index (κ2) is 4.35. The van der Waals surface area contributed by atoms with Crippen molar-refractivity contribution in [2.24, 2.45) is 28.6 Å². The molecule has 4 aliphatic rings. The largest absolute Gasteiger partial charge is 0.393 e. The number of aliphatic hydroxyl groups excluding tert-OH is 1. The van der Waals surface area contributed by atoms with E-state index in [0.29, 0.717) is 10.8 Å². The first-order valence-electron chi connectivity index (χ1n) is 8.91. The number of allylic oxidation sites excluding steroid dienone is 2. The average Bonchev–Trinajstić information content (AvgIpc) is 2.81. The molecule has 112 valence electrons. The highest BCUT2D eigenvalue weighted by molar-refractivity contribution is 5.27. The van der Waals surface area contributed by atoms with E-state index in [9.17, 15) is 5.11 Å². The maximum atomic E-state index is 10.0. The van der Waals surface area contributed by atoms with Crippen LogP contribution >= 0.6 is 0 Å². The van der Waals surface area contributed by atoms with Gasteiger partial charge in [-0.05, 0) is 86.4 Å². The molecular formula is C19H30O. The van der Waals surface area contributed by atoms with Gasteiger partial charge in [-0.25, -0.2) is 0 Å². The molecule has 6 atom stereocenters. The molecule has 20 heavy (non-hydrogen) atoms. The highest BCUT2D eigenvalue weighted by Gasteiger charge is 2.55. The van der Waals surface area contributed by atoms with Gasteiger partial charge in [0.25, 0.3) is 0 Å². The molecular weight excluding hydrogens is 244 g/mol. The minimum Gasteiger partial charge on any atom is -0.393 e. The number of hydrogen-bond acceptors (Lipinski definition) is 1. The molecule has 0 aromatic carbocycles. The lowest BCUT2D eigenvalue weighted by Crippen LogP contribution is -2.51. The highest BCUT2D eigenvalue weighted by atomic mass is 16.3. The number of fused-ring (bicyclic) bond motifs is 5. The summed E-state index contributed by atoms with van der Waals surface area (Å²) in [5.41, 5.74) is 2.92. The molecule has 0 aliphatic heterocycles. The van der Waals surface area contributed by atoms with Crippen molar-refractivity contribution in [3.05, 3.63) is 11.6 Å². The van der Waals surface area contributed by atoms with Gasteiger partial charge in [0, 0.05) is 0 Å². The molecule has 1 nitrogen and oxygen atoms in total. The van der Waals surface area contributed by atoms with E-state index in [1.807, 2.05) is 5.57 Å². The zero-order valence-electron chi connectivity index (χ0n) is 13.2. The van der Waals surface area contributed by atoms with Crippen LogP contribution in [0.2, 0.25) is 0 Å². The SMILES string of the molecule is C[C@]12CCC=C1[C@@H]1CC[C@@H]3C[C@H](O)CC[C@]3(C)[C@@H]1CC2. The van der Waals surface area contributed by atoms with Crippen LogP contribution in [0.25, 0.3) is 0 Å². The molecule has 0 radical (unpaired) electrons. The molecule has 0 aromatic heterocycles. The van der Waals surface area contributed by atoms with E-state index >= 15 is 0 Å². The van der Waals surface area contributed by atoms with E-state index in [1.165, 1.54) is 44.9 Å². The van der Waals surface area contributed by atoms with Crippen LogP contribution in [0.1, 0.15) is 71.6 Å². The van der Waals surface area contributed by atoms with Crippen LogP contribution in [0.4, 0.5) is 0 Å². The second-order valence-electron chi connectivity index (χ2n) is 8.72. The Bertz CT molecular complexity index is 439. The molecule has 0 unspecified atom stereocenters. The Balaban J connectivity index is 1.66. The van der Waals surface area contributed by atoms with Crippen LogP contribution in [0.5, 0.6) is 0 Å². The molecule has 0 aromatic rings. The van der Waals surface area contributed by atoms with Gasteiger partial charge in [0.2, 0.25) is 0 Å². The van der Waals surface area contributed by atoms with Gasteiger partial charge in [-0.15, -0.1) is 0 Å². The van der Waals surface area contributed by atoms with Crippen molar-refractivity contribution in [3.8, 4) is 0 Å². The summed E-state index contributed by atoms with van der Waals surface area (Å²) in [4.78, 5) is 0. The first-order chi connectivity index (χ1) is 9.53. The lowest BCUT2D eigenvalue weighted by molar-refractivity contribution is -0.0812. The molecule has 3 fully saturated rings. The van der Waals surface area contributed by atoms with Crippen LogP contribution in [0.15, 0.2) is 11.6 Å². The molecule has 0 amide bonds. The summed E-state index contributed by atoms with van der Waals surface area (Å²) in [6.07, 6.45) is 14.4. The van der Waals surface area contributed by atoms with Crippen LogP contribution < -0.4 is 0 Å². The van der Waals surface area contributed by atoms with Crippen LogP contribution in [0, 0.1) is 28.6 Å². The van der Waals surface area contributed by atoms with Crippen molar-refractivity contribution in [2.75, 3.05) is 0 Å². The summed E-state index contributed by atoms with van der Waals surface area (Å²) >= 11 is 0. The van der Waals surface area contributed by atoms with E-state index in [4.69, 9.17) is 0 Å². The maximum absolute atomic E-state index is 10.0. The molecule has 1 N–H and O–H groups in total. The van der Waals surface area contributed by atoms with E-state index in [1.54, 1.807) is 0 Å². The van der Waals surface area contributed by atoms with Gasteiger partial charge >= 0.3 is 0 Å². The molecule has 0 saturated heterocycles. The standard InChI is InChI=1S/C19H30O/c1-18-9-3-4-16(18)15-6-5-13-12-14(20)7-11-19(13,2)17(15)8-10-18/h4,13-15,17,20H,3,5-12H2,1-2H3/t13-,14-,15+,17-,18-,19+/m1/s1. The summed E-state index contributed by atoms with van der Waals surface area (Å²) in [6, 6.07) is 0. The number of rotatable bonds is 0. The van der Waals surface area contributed by atoms with Gasteiger partial charge < -0.3 is 5.11 Å². The van der Waals surface area contributed by atoms with Crippen LogP contribution in [-0.2, 0) is 0 Å². The van der Waals surface area contributed by atoms with Crippen molar-refractivity contribution in [1.82, 2.24) is 0 Å². The van der Waals surface area contributed by atoms with Crippen molar-refractivity contribution >= 4 is 0 Å². The van der Waals surface area contributed by atoms with E-state index in [0.717, 1.165) is 30.6 Å². The van der Waals surface area contributed by atoms with E-state index in [2.05, 4.69) is 19.9 Å². The normalized spacial score (nSPS) is 54.6. The Morgan fingerprint density at radius 2 is 1.90 bits per heavy atom. The van der Waals surface area contributed by atoms with Gasteiger partial charge in [-0.2, -0.15) is 0 Å². The smallest absolute Gasteiger partial charge is 0.0543 e. The molecule has 1 heteroatoms. The monoisotopic (exact) mass is 274 g/mol. The Kier molecular flexibility index (Phi) is 2.91. The zero-order chi connectivity index (χ0) is 14.0. The fraction of sp³-hybridized carbons (Fsp3) is 0.895. The van der Waals surface area contributed by atoms with Crippen molar-refractivity contribution in [2.45, 2.75) is 77.7 Å². The lowest BCUT2D eigenvalue weighted by Gasteiger charge is -2.59. The molecule has 0 heterocycles. The second-order valence-corrected chi connectivity index (χ2v) is 8.72. The third-order valence-corrected chi connectivity index (χ3v) is 7.83. The Hall–Kier alpha value is -0.300. The van der Waals surface area contributed by atoms with Gasteiger partial charge in [0.15, 0.2) is 0 Å². The van der Waals surface area contributed by atoms with Crippen molar-refractivity contribution < 1.29 is 5.11 Å². The quantitative estimate of drug-likeness (QED) is 0.635. The number of hydrogen-bond donors (Lipinski definition) is 1. The first kappa shape index (κ1) is 13.4. The molecule has 4 rings (SSSR count). The predicted octanol–water partition coefficient (Wildman–Crippen LogP) is 4.70. The van der Waals surface area contributed by atoms with E-state index < -0.39 is 0 Å². The van der Waals surface area contributed by atoms with Gasteiger partial charge in [0.1, 0.15) is 0 Å². The predicted molar refractivity (Wildman–Crippen MR) is 82.3 cm³/mol. The topological polar surface area (TPSA) is 20.2 Å². The Labute approximate surface area is 123 Å². The third-order valence-electron chi connectivity index (χ3n) is 7.83. The molecule has 3 saturated carbocycles. The summed E-state index contributed by atoms with van der Waals surface area (Å²) in [5.74, 6) is 2.58. The third kappa shape index (κ3) is 1.71. The lowest BCUT2D eigenvalue weighted by atomic mass is 9.46. The van der Waals surface area contributed by atoms with E-state index in [-0.39, 0.29) is 6.10 Å². The fourth-order valence-corrected chi connectivity index (χ4v) is 6.56. The number of aliphatic hydroxyl groups is 1.